The molecule has 18 heavy (non-hydrogen) atoms. The van der Waals surface area contributed by atoms with E-state index in [-0.39, 0.29) is 0 Å². The minimum Gasteiger partial charge on any atom is -0.316 e. The zero-order valence-electron chi connectivity index (χ0n) is 10.7. The van der Waals surface area contributed by atoms with Gasteiger partial charge >= 0.3 is 0 Å². The molecule has 1 aromatic carbocycles. The molecule has 1 heterocycles. The molecule has 2 rings (SSSR count). The maximum atomic E-state index is 4.12. The normalized spacial score (nSPS) is 12.6. The summed E-state index contributed by atoms with van der Waals surface area (Å²) >= 11 is 1.86. The van der Waals surface area contributed by atoms with E-state index in [0.29, 0.717) is 6.04 Å². The predicted molar refractivity (Wildman–Crippen MR) is 74.7 cm³/mol. The molecule has 5 heteroatoms. The first-order valence-electron chi connectivity index (χ1n) is 5.98. The summed E-state index contributed by atoms with van der Waals surface area (Å²) in [6, 6.07) is 10.9. The molecule has 1 unspecified atom stereocenters. The molecule has 0 aliphatic heterocycles. The molecule has 0 amide bonds. The van der Waals surface area contributed by atoms with Crippen LogP contribution in [0.1, 0.15) is 5.69 Å². The fourth-order valence-electron chi connectivity index (χ4n) is 1.70. The van der Waals surface area contributed by atoms with E-state index in [1.807, 2.05) is 38.1 Å². The van der Waals surface area contributed by atoms with Crippen LogP contribution in [-0.4, -0.2) is 33.8 Å². The number of hydrogen-bond donors (Lipinski definition) is 1. The molecule has 0 saturated heterocycles. The Morgan fingerprint density at radius 2 is 2.11 bits per heavy atom. The highest BCUT2D eigenvalue weighted by atomic mass is 32.2. The van der Waals surface area contributed by atoms with Gasteiger partial charge in [0.05, 0.1) is 5.69 Å². The zero-order chi connectivity index (χ0) is 12.8. The summed E-state index contributed by atoms with van der Waals surface area (Å²) in [5.74, 6) is 1.02. The maximum Gasteiger partial charge on any atom is 0.0842 e. The molecule has 1 atom stereocenters. The molecule has 0 fully saturated rings. The van der Waals surface area contributed by atoms with Crippen LogP contribution in [0.2, 0.25) is 0 Å². The average molecular weight is 262 g/mol. The second-order valence-electron chi connectivity index (χ2n) is 4.20. The van der Waals surface area contributed by atoms with E-state index >= 15 is 0 Å². The minimum atomic E-state index is 0.409. The maximum absolute atomic E-state index is 4.12. The third kappa shape index (κ3) is 3.85. The summed E-state index contributed by atoms with van der Waals surface area (Å²) in [4.78, 5) is 1.30. The van der Waals surface area contributed by atoms with Crippen molar-refractivity contribution in [2.75, 3.05) is 12.8 Å². The lowest BCUT2D eigenvalue weighted by molar-refractivity contribution is 0.607. The van der Waals surface area contributed by atoms with Crippen molar-refractivity contribution in [3.63, 3.8) is 0 Å². The number of likely N-dealkylation sites (N-methyl/N-ethyl adjacent to an activating group) is 1. The molecular weight excluding hydrogens is 244 g/mol. The molecule has 0 aliphatic rings. The van der Waals surface area contributed by atoms with E-state index in [2.05, 4.69) is 39.9 Å². The van der Waals surface area contributed by atoms with Crippen LogP contribution < -0.4 is 5.32 Å². The highest BCUT2D eigenvalue weighted by molar-refractivity contribution is 7.99. The Bertz CT molecular complexity index is 469. The van der Waals surface area contributed by atoms with Gasteiger partial charge in [-0.05, 0) is 19.2 Å². The minimum absolute atomic E-state index is 0.409. The monoisotopic (exact) mass is 262 g/mol. The predicted octanol–water partition coefficient (Wildman–Crippen LogP) is 1.74. The third-order valence-corrected chi connectivity index (χ3v) is 3.88. The number of benzene rings is 1. The van der Waals surface area contributed by atoms with Crippen LogP contribution in [-0.2, 0) is 13.5 Å². The van der Waals surface area contributed by atoms with Crippen LogP contribution in [0.3, 0.4) is 0 Å². The molecule has 0 radical (unpaired) electrons. The highest BCUT2D eigenvalue weighted by Crippen LogP contribution is 2.18. The van der Waals surface area contributed by atoms with Crippen molar-refractivity contribution in [1.82, 2.24) is 20.3 Å². The largest absolute Gasteiger partial charge is 0.316 e. The molecular formula is C13H18N4S. The fourth-order valence-corrected chi connectivity index (χ4v) is 2.73. The Balaban J connectivity index is 1.86. The SMILES string of the molecule is CNC(CSc1ccccc1)Cc1cn(C)nn1. The molecule has 0 bridgehead atoms. The molecule has 0 aliphatic carbocycles. The second-order valence-corrected chi connectivity index (χ2v) is 5.29. The summed E-state index contributed by atoms with van der Waals surface area (Å²) in [6.07, 6.45) is 2.88. The van der Waals surface area contributed by atoms with Gasteiger partial charge < -0.3 is 5.32 Å². The standard InChI is InChI=1S/C13H18N4S/c1-14-12(8-11-9-17(2)16-15-11)10-18-13-6-4-3-5-7-13/h3-7,9,12,14H,8,10H2,1-2H3. The Morgan fingerprint density at radius 1 is 1.33 bits per heavy atom. The van der Waals surface area contributed by atoms with Crippen molar-refractivity contribution >= 4 is 11.8 Å². The molecule has 1 aromatic heterocycles. The second kappa shape index (κ2) is 6.56. The van der Waals surface area contributed by atoms with Crippen LogP contribution in [0.4, 0.5) is 0 Å². The van der Waals surface area contributed by atoms with Gasteiger partial charge in [-0.15, -0.1) is 16.9 Å². The van der Waals surface area contributed by atoms with Crippen molar-refractivity contribution in [3.8, 4) is 0 Å². The molecule has 4 nitrogen and oxygen atoms in total. The van der Waals surface area contributed by atoms with Gasteiger partial charge in [-0.25, -0.2) is 0 Å². The van der Waals surface area contributed by atoms with E-state index in [0.717, 1.165) is 17.9 Å². The van der Waals surface area contributed by atoms with Crippen molar-refractivity contribution in [2.24, 2.45) is 7.05 Å². The third-order valence-electron chi connectivity index (χ3n) is 2.71. The van der Waals surface area contributed by atoms with Crippen LogP contribution in [0, 0.1) is 0 Å². The summed E-state index contributed by atoms with van der Waals surface area (Å²) in [6.45, 7) is 0. The lowest BCUT2D eigenvalue weighted by atomic mass is 10.2. The van der Waals surface area contributed by atoms with Gasteiger partial charge in [-0.2, -0.15) is 0 Å². The van der Waals surface area contributed by atoms with Gasteiger partial charge in [-0.3, -0.25) is 4.68 Å². The molecule has 0 saturated carbocycles. The summed E-state index contributed by atoms with van der Waals surface area (Å²) < 4.78 is 1.74. The molecule has 0 spiro atoms. The van der Waals surface area contributed by atoms with Gasteiger partial charge in [0.2, 0.25) is 0 Å². The fraction of sp³-hybridized carbons (Fsp3) is 0.385. The van der Waals surface area contributed by atoms with E-state index in [4.69, 9.17) is 0 Å². The van der Waals surface area contributed by atoms with Crippen molar-refractivity contribution < 1.29 is 0 Å². The first-order chi connectivity index (χ1) is 8.78. The topological polar surface area (TPSA) is 42.7 Å². The van der Waals surface area contributed by atoms with Crippen LogP contribution >= 0.6 is 11.8 Å². The number of aromatic nitrogens is 3. The van der Waals surface area contributed by atoms with E-state index < -0.39 is 0 Å². The quantitative estimate of drug-likeness (QED) is 0.805. The van der Waals surface area contributed by atoms with E-state index in [1.165, 1.54) is 4.90 Å². The number of nitrogens with zero attached hydrogens (tertiary/aromatic N) is 3. The summed E-state index contributed by atoms with van der Waals surface area (Å²) in [7, 11) is 3.89. The van der Waals surface area contributed by atoms with Crippen molar-refractivity contribution in [1.29, 1.82) is 0 Å². The van der Waals surface area contributed by atoms with Crippen LogP contribution in [0.15, 0.2) is 41.4 Å². The first-order valence-corrected chi connectivity index (χ1v) is 6.97. The molecule has 96 valence electrons. The Kier molecular flexibility index (Phi) is 4.78. The van der Waals surface area contributed by atoms with Crippen molar-refractivity contribution in [3.05, 3.63) is 42.2 Å². The van der Waals surface area contributed by atoms with Crippen LogP contribution in [0.25, 0.3) is 0 Å². The van der Waals surface area contributed by atoms with E-state index in [1.54, 1.807) is 4.68 Å². The summed E-state index contributed by atoms with van der Waals surface area (Å²) in [5, 5.41) is 11.4. The number of aryl methyl sites for hydroxylation is 1. The lowest BCUT2D eigenvalue weighted by Crippen LogP contribution is -2.30. The Labute approximate surface area is 112 Å². The smallest absolute Gasteiger partial charge is 0.0842 e. The van der Waals surface area contributed by atoms with Gasteiger partial charge in [0.15, 0.2) is 0 Å². The van der Waals surface area contributed by atoms with E-state index in [9.17, 15) is 0 Å². The van der Waals surface area contributed by atoms with Gasteiger partial charge in [0, 0.05) is 36.4 Å². The van der Waals surface area contributed by atoms with Gasteiger partial charge in [0.25, 0.3) is 0 Å². The van der Waals surface area contributed by atoms with Gasteiger partial charge in [0.1, 0.15) is 0 Å². The first kappa shape index (κ1) is 13.1. The van der Waals surface area contributed by atoms with Crippen molar-refractivity contribution in [2.45, 2.75) is 17.4 Å². The number of rotatable bonds is 6. The zero-order valence-corrected chi connectivity index (χ0v) is 11.5. The summed E-state index contributed by atoms with van der Waals surface area (Å²) in [5.41, 5.74) is 1.03. The highest BCUT2D eigenvalue weighted by Gasteiger charge is 2.10. The number of thioether (sulfide) groups is 1. The van der Waals surface area contributed by atoms with Gasteiger partial charge in [-0.1, -0.05) is 23.4 Å². The van der Waals surface area contributed by atoms with Crippen LogP contribution in [0.5, 0.6) is 0 Å². The number of nitrogens with one attached hydrogen (secondary N) is 1. The Hall–Kier alpha value is -1.33. The lowest BCUT2D eigenvalue weighted by Gasteiger charge is -2.14. The molecule has 1 N–H and O–H groups in total. The molecule has 2 aromatic rings. The Morgan fingerprint density at radius 3 is 2.72 bits per heavy atom. The number of hydrogen-bond acceptors (Lipinski definition) is 4. The average Bonchev–Trinajstić information content (AvgIpc) is 2.81.